The van der Waals surface area contributed by atoms with Crippen molar-refractivity contribution >= 4 is 0 Å². The molecule has 1 aromatic rings. The SMILES string of the molecule is CCn1nc(C)c(C(C)NCC(C)(C)C(C)C)c1C. The quantitative estimate of drug-likeness (QED) is 0.846. The van der Waals surface area contributed by atoms with Gasteiger partial charge in [0.25, 0.3) is 0 Å². The van der Waals surface area contributed by atoms with Crippen LogP contribution in [0.1, 0.15) is 64.5 Å². The molecule has 0 spiro atoms. The molecule has 0 aliphatic rings. The highest BCUT2D eigenvalue weighted by Gasteiger charge is 2.24. The third kappa shape index (κ3) is 3.59. The van der Waals surface area contributed by atoms with Crippen LogP contribution in [0.25, 0.3) is 0 Å². The van der Waals surface area contributed by atoms with E-state index in [1.807, 2.05) is 0 Å². The molecule has 0 aliphatic heterocycles. The Kier molecular flexibility index (Phi) is 5.19. The summed E-state index contributed by atoms with van der Waals surface area (Å²) >= 11 is 0. The summed E-state index contributed by atoms with van der Waals surface area (Å²) in [6.07, 6.45) is 0. The van der Waals surface area contributed by atoms with Gasteiger partial charge in [-0.3, -0.25) is 4.68 Å². The average molecular weight is 265 g/mol. The van der Waals surface area contributed by atoms with Gasteiger partial charge in [-0.1, -0.05) is 27.7 Å². The van der Waals surface area contributed by atoms with Crippen LogP contribution in [0.3, 0.4) is 0 Å². The van der Waals surface area contributed by atoms with Crippen molar-refractivity contribution in [3.05, 3.63) is 17.0 Å². The highest BCUT2D eigenvalue weighted by molar-refractivity contribution is 5.27. The molecule has 3 nitrogen and oxygen atoms in total. The van der Waals surface area contributed by atoms with Crippen LogP contribution < -0.4 is 5.32 Å². The van der Waals surface area contributed by atoms with E-state index in [4.69, 9.17) is 0 Å². The summed E-state index contributed by atoms with van der Waals surface area (Å²) in [6.45, 7) is 19.9. The Hall–Kier alpha value is -0.830. The zero-order valence-corrected chi connectivity index (χ0v) is 14.0. The Morgan fingerprint density at radius 2 is 1.79 bits per heavy atom. The van der Waals surface area contributed by atoms with Crippen LogP contribution in [0.2, 0.25) is 0 Å². The van der Waals surface area contributed by atoms with Crippen LogP contribution in [0.4, 0.5) is 0 Å². The van der Waals surface area contributed by atoms with Gasteiger partial charge in [-0.05, 0) is 39.0 Å². The van der Waals surface area contributed by atoms with Gasteiger partial charge in [0.2, 0.25) is 0 Å². The van der Waals surface area contributed by atoms with Gasteiger partial charge in [0.05, 0.1) is 5.69 Å². The molecule has 0 radical (unpaired) electrons. The van der Waals surface area contributed by atoms with Crippen molar-refractivity contribution < 1.29 is 0 Å². The summed E-state index contributed by atoms with van der Waals surface area (Å²) < 4.78 is 2.09. The molecule has 0 saturated heterocycles. The molecule has 0 aliphatic carbocycles. The van der Waals surface area contributed by atoms with E-state index in [0.29, 0.717) is 17.4 Å². The van der Waals surface area contributed by atoms with Crippen molar-refractivity contribution in [2.45, 2.75) is 68.0 Å². The van der Waals surface area contributed by atoms with Crippen LogP contribution in [-0.2, 0) is 6.54 Å². The van der Waals surface area contributed by atoms with Gasteiger partial charge in [-0.25, -0.2) is 0 Å². The zero-order valence-electron chi connectivity index (χ0n) is 14.0. The maximum Gasteiger partial charge on any atom is 0.0644 e. The first-order chi connectivity index (χ1) is 8.70. The molecule has 1 atom stereocenters. The van der Waals surface area contributed by atoms with E-state index in [1.54, 1.807) is 0 Å². The summed E-state index contributed by atoms with van der Waals surface area (Å²) in [5.41, 5.74) is 4.13. The van der Waals surface area contributed by atoms with E-state index >= 15 is 0 Å². The van der Waals surface area contributed by atoms with E-state index < -0.39 is 0 Å². The van der Waals surface area contributed by atoms with Gasteiger partial charge >= 0.3 is 0 Å². The van der Waals surface area contributed by atoms with Crippen LogP contribution in [0.15, 0.2) is 0 Å². The van der Waals surface area contributed by atoms with Crippen molar-refractivity contribution in [3.63, 3.8) is 0 Å². The van der Waals surface area contributed by atoms with Gasteiger partial charge in [-0.2, -0.15) is 5.10 Å². The zero-order chi connectivity index (χ0) is 14.8. The summed E-state index contributed by atoms with van der Waals surface area (Å²) in [4.78, 5) is 0. The Morgan fingerprint density at radius 3 is 2.21 bits per heavy atom. The molecule has 3 heteroatoms. The molecule has 110 valence electrons. The molecule has 1 rings (SSSR count). The Labute approximate surface area is 118 Å². The van der Waals surface area contributed by atoms with E-state index in [9.17, 15) is 0 Å². The van der Waals surface area contributed by atoms with Crippen molar-refractivity contribution in [2.75, 3.05) is 6.54 Å². The average Bonchev–Trinajstić information content (AvgIpc) is 2.61. The fourth-order valence-corrected chi connectivity index (χ4v) is 2.37. The third-order valence-corrected chi connectivity index (χ3v) is 4.60. The minimum absolute atomic E-state index is 0.316. The van der Waals surface area contributed by atoms with Gasteiger partial charge < -0.3 is 5.32 Å². The fraction of sp³-hybridized carbons (Fsp3) is 0.812. The Balaban J connectivity index is 2.79. The van der Waals surface area contributed by atoms with Gasteiger partial charge in [0, 0.05) is 30.4 Å². The smallest absolute Gasteiger partial charge is 0.0644 e. The number of nitrogens with zero attached hydrogens (tertiary/aromatic N) is 2. The molecule has 1 N–H and O–H groups in total. The monoisotopic (exact) mass is 265 g/mol. The first-order valence-corrected chi connectivity index (χ1v) is 7.48. The number of rotatable bonds is 6. The Bertz CT molecular complexity index is 416. The predicted octanol–water partition coefficient (Wildman–Crippen LogP) is 3.85. The molecule has 0 bridgehead atoms. The lowest BCUT2D eigenvalue weighted by Crippen LogP contribution is -2.35. The molecule has 0 aromatic carbocycles. The maximum absolute atomic E-state index is 4.61. The van der Waals surface area contributed by atoms with Crippen LogP contribution in [0.5, 0.6) is 0 Å². The molecule has 19 heavy (non-hydrogen) atoms. The normalized spacial score (nSPS) is 14.2. The van der Waals surface area contributed by atoms with Crippen molar-refractivity contribution in [1.82, 2.24) is 15.1 Å². The van der Waals surface area contributed by atoms with E-state index in [1.165, 1.54) is 11.3 Å². The van der Waals surface area contributed by atoms with Gasteiger partial charge in [0.15, 0.2) is 0 Å². The molecule has 0 saturated carbocycles. The molecule has 1 aromatic heterocycles. The second-order valence-electron chi connectivity index (χ2n) is 6.65. The first kappa shape index (κ1) is 16.2. The van der Waals surface area contributed by atoms with Crippen molar-refractivity contribution in [3.8, 4) is 0 Å². The number of aryl methyl sites for hydroxylation is 2. The highest BCUT2D eigenvalue weighted by atomic mass is 15.3. The minimum atomic E-state index is 0.316. The number of aromatic nitrogens is 2. The number of hydrogen-bond acceptors (Lipinski definition) is 2. The summed E-state index contributed by atoms with van der Waals surface area (Å²) in [5, 5.41) is 8.29. The van der Waals surface area contributed by atoms with Crippen LogP contribution in [-0.4, -0.2) is 16.3 Å². The molecule has 1 unspecified atom stereocenters. The lowest BCUT2D eigenvalue weighted by atomic mass is 9.81. The van der Waals surface area contributed by atoms with Gasteiger partial charge in [0.1, 0.15) is 0 Å². The fourth-order valence-electron chi connectivity index (χ4n) is 2.37. The molecule has 0 amide bonds. The maximum atomic E-state index is 4.61. The second-order valence-corrected chi connectivity index (χ2v) is 6.65. The lowest BCUT2D eigenvalue weighted by Gasteiger charge is -2.31. The molecular formula is C16H31N3. The number of hydrogen-bond donors (Lipinski definition) is 1. The van der Waals surface area contributed by atoms with Crippen molar-refractivity contribution in [1.29, 1.82) is 0 Å². The van der Waals surface area contributed by atoms with E-state index in [-0.39, 0.29) is 0 Å². The molecule has 1 heterocycles. The first-order valence-electron chi connectivity index (χ1n) is 7.48. The number of nitrogens with one attached hydrogen (secondary N) is 1. The van der Waals surface area contributed by atoms with Gasteiger partial charge in [-0.15, -0.1) is 0 Å². The third-order valence-electron chi connectivity index (χ3n) is 4.60. The van der Waals surface area contributed by atoms with Crippen LogP contribution >= 0.6 is 0 Å². The van der Waals surface area contributed by atoms with Crippen molar-refractivity contribution in [2.24, 2.45) is 11.3 Å². The van der Waals surface area contributed by atoms with E-state index in [0.717, 1.165) is 18.8 Å². The standard InChI is InChI=1S/C16H31N3/c1-9-19-14(6)15(13(5)18-19)12(4)17-10-16(7,8)11(2)3/h11-12,17H,9-10H2,1-8H3. The predicted molar refractivity (Wildman–Crippen MR) is 82.4 cm³/mol. The lowest BCUT2D eigenvalue weighted by molar-refractivity contribution is 0.230. The summed E-state index contributed by atoms with van der Waals surface area (Å²) in [7, 11) is 0. The highest BCUT2D eigenvalue weighted by Crippen LogP contribution is 2.27. The molecule has 0 fully saturated rings. The van der Waals surface area contributed by atoms with E-state index in [2.05, 4.69) is 70.5 Å². The summed E-state index contributed by atoms with van der Waals surface area (Å²) in [5.74, 6) is 0.674. The van der Waals surface area contributed by atoms with Crippen LogP contribution in [0, 0.1) is 25.2 Å². The Morgan fingerprint density at radius 1 is 1.21 bits per heavy atom. The largest absolute Gasteiger partial charge is 0.310 e. The minimum Gasteiger partial charge on any atom is -0.310 e. The topological polar surface area (TPSA) is 29.9 Å². The molecular weight excluding hydrogens is 234 g/mol. The summed E-state index contributed by atoms with van der Waals surface area (Å²) in [6, 6.07) is 0.360. The second kappa shape index (κ2) is 6.08.